The highest BCUT2D eigenvalue weighted by atomic mass is 32.2. The van der Waals surface area contributed by atoms with Gasteiger partial charge in [-0.2, -0.15) is 0 Å². The summed E-state index contributed by atoms with van der Waals surface area (Å²) < 4.78 is 27.1. The molecule has 2 N–H and O–H groups in total. The highest BCUT2D eigenvalue weighted by Gasteiger charge is 2.13. The van der Waals surface area contributed by atoms with Crippen LogP contribution in [0.5, 0.6) is 0 Å². The Morgan fingerprint density at radius 2 is 1.67 bits per heavy atom. The number of hydrogen-bond acceptors (Lipinski definition) is 4. The molecule has 112 valence electrons. The van der Waals surface area contributed by atoms with Crippen molar-refractivity contribution in [2.45, 2.75) is 16.2 Å². The average molecular weight is 323 g/mol. The van der Waals surface area contributed by atoms with E-state index in [9.17, 15) is 8.42 Å². The van der Waals surface area contributed by atoms with Crippen LogP contribution in [-0.4, -0.2) is 26.4 Å². The summed E-state index contributed by atoms with van der Waals surface area (Å²) in [5.74, 6) is 0. The topological polar surface area (TPSA) is 66.4 Å². The Bertz CT molecular complexity index is 680. The van der Waals surface area contributed by atoms with Crippen LogP contribution in [0.1, 0.15) is 5.56 Å². The Labute approximate surface area is 129 Å². The lowest BCUT2D eigenvalue weighted by molar-refractivity contribution is 0.299. The van der Waals surface area contributed by atoms with Crippen molar-refractivity contribution in [3.63, 3.8) is 0 Å². The van der Waals surface area contributed by atoms with Gasteiger partial charge in [-0.05, 0) is 54.6 Å². The van der Waals surface area contributed by atoms with Crippen LogP contribution in [-0.2, 0) is 16.4 Å². The van der Waals surface area contributed by atoms with Crippen molar-refractivity contribution in [1.29, 1.82) is 0 Å². The molecule has 0 saturated carbocycles. The Kier molecular flexibility index (Phi) is 5.27. The lowest BCUT2D eigenvalue weighted by atomic mass is 10.2. The van der Waals surface area contributed by atoms with E-state index in [1.54, 1.807) is 48.2 Å². The minimum Gasteiger partial charge on any atom is -0.396 e. The minimum absolute atomic E-state index is 0.0478. The SMILES string of the molecule is CSc1ccc(NS(=O)(=O)c2ccc(CCO)cc2)cc1. The summed E-state index contributed by atoms with van der Waals surface area (Å²) in [5, 5.41) is 8.85. The Morgan fingerprint density at radius 1 is 1.05 bits per heavy atom. The number of hydrogen-bond donors (Lipinski definition) is 2. The second-order valence-corrected chi connectivity index (χ2v) is 7.01. The highest BCUT2D eigenvalue weighted by molar-refractivity contribution is 7.98. The molecule has 2 aromatic rings. The van der Waals surface area contributed by atoms with Crippen LogP contribution in [0.4, 0.5) is 5.69 Å². The lowest BCUT2D eigenvalue weighted by Gasteiger charge is -2.09. The summed E-state index contributed by atoms with van der Waals surface area (Å²) in [5.41, 5.74) is 1.44. The highest BCUT2D eigenvalue weighted by Crippen LogP contribution is 2.20. The third-order valence-electron chi connectivity index (χ3n) is 2.98. The number of anilines is 1. The molecule has 0 fully saturated rings. The Morgan fingerprint density at radius 3 is 2.19 bits per heavy atom. The van der Waals surface area contributed by atoms with Crippen LogP contribution in [0.25, 0.3) is 0 Å². The van der Waals surface area contributed by atoms with E-state index in [1.165, 1.54) is 0 Å². The van der Waals surface area contributed by atoms with Gasteiger partial charge in [0.05, 0.1) is 4.90 Å². The van der Waals surface area contributed by atoms with Crippen molar-refractivity contribution in [1.82, 2.24) is 0 Å². The maximum atomic E-state index is 12.3. The first-order chi connectivity index (χ1) is 10.0. The predicted octanol–water partition coefficient (Wildman–Crippen LogP) is 2.74. The monoisotopic (exact) mass is 323 g/mol. The zero-order valence-corrected chi connectivity index (χ0v) is 13.2. The van der Waals surface area contributed by atoms with Gasteiger partial charge in [-0.15, -0.1) is 11.8 Å². The molecule has 0 aromatic heterocycles. The van der Waals surface area contributed by atoms with E-state index in [4.69, 9.17) is 5.11 Å². The Balaban J connectivity index is 2.16. The number of aliphatic hydroxyl groups is 1. The summed E-state index contributed by atoms with van der Waals surface area (Å²) in [6.45, 7) is 0.0478. The molecule has 4 nitrogen and oxygen atoms in total. The smallest absolute Gasteiger partial charge is 0.261 e. The quantitative estimate of drug-likeness (QED) is 0.802. The van der Waals surface area contributed by atoms with Gasteiger partial charge in [0.2, 0.25) is 0 Å². The molecule has 0 heterocycles. The summed E-state index contributed by atoms with van der Waals surface area (Å²) in [6.07, 6.45) is 2.48. The van der Waals surface area contributed by atoms with E-state index in [1.807, 2.05) is 18.4 Å². The maximum Gasteiger partial charge on any atom is 0.261 e. The van der Waals surface area contributed by atoms with Gasteiger partial charge in [0.1, 0.15) is 0 Å². The standard InChI is InChI=1S/C15H17NO3S2/c1-20-14-6-4-13(5-7-14)16-21(18,19)15-8-2-12(3-9-15)10-11-17/h2-9,16-17H,10-11H2,1H3. The summed E-state index contributed by atoms with van der Waals surface area (Å²) in [6, 6.07) is 13.7. The number of sulfonamides is 1. The molecule has 0 unspecified atom stereocenters. The van der Waals surface area contributed by atoms with Crippen LogP contribution in [0.15, 0.2) is 58.3 Å². The number of aliphatic hydroxyl groups excluding tert-OH is 1. The molecule has 2 rings (SSSR count). The summed E-state index contributed by atoms with van der Waals surface area (Å²) >= 11 is 1.60. The van der Waals surface area contributed by atoms with E-state index < -0.39 is 10.0 Å². The van der Waals surface area contributed by atoms with E-state index in [-0.39, 0.29) is 11.5 Å². The summed E-state index contributed by atoms with van der Waals surface area (Å²) in [7, 11) is -3.58. The van der Waals surface area contributed by atoms with Gasteiger partial charge in [-0.3, -0.25) is 4.72 Å². The second-order valence-electron chi connectivity index (χ2n) is 4.45. The number of nitrogens with one attached hydrogen (secondary N) is 1. The van der Waals surface area contributed by atoms with Gasteiger partial charge < -0.3 is 5.11 Å². The van der Waals surface area contributed by atoms with E-state index >= 15 is 0 Å². The molecule has 0 aliphatic heterocycles. The van der Waals surface area contributed by atoms with Crippen LogP contribution in [0, 0.1) is 0 Å². The summed E-state index contributed by atoms with van der Waals surface area (Å²) in [4.78, 5) is 1.28. The van der Waals surface area contributed by atoms with Crippen molar-refractivity contribution in [3.8, 4) is 0 Å². The van der Waals surface area contributed by atoms with E-state index in [0.717, 1.165) is 10.5 Å². The van der Waals surface area contributed by atoms with E-state index in [2.05, 4.69) is 4.72 Å². The molecule has 0 aliphatic carbocycles. The first-order valence-corrected chi connectivity index (χ1v) is 9.12. The number of rotatable bonds is 6. The molecular formula is C15H17NO3S2. The van der Waals surface area contributed by atoms with Gasteiger partial charge in [-0.1, -0.05) is 12.1 Å². The molecule has 0 aliphatic rings. The minimum atomic E-state index is -3.58. The first kappa shape index (κ1) is 15.9. The fraction of sp³-hybridized carbons (Fsp3) is 0.200. The van der Waals surface area contributed by atoms with Gasteiger partial charge >= 0.3 is 0 Å². The average Bonchev–Trinajstić information content (AvgIpc) is 2.48. The van der Waals surface area contributed by atoms with Crippen molar-refractivity contribution in [2.75, 3.05) is 17.6 Å². The zero-order valence-electron chi connectivity index (χ0n) is 11.6. The number of thioether (sulfide) groups is 1. The van der Waals surface area contributed by atoms with Crippen molar-refractivity contribution in [3.05, 3.63) is 54.1 Å². The third kappa shape index (κ3) is 4.23. The van der Waals surface area contributed by atoms with Crippen LogP contribution >= 0.6 is 11.8 Å². The van der Waals surface area contributed by atoms with Crippen LogP contribution < -0.4 is 4.72 Å². The molecule has 0 saturated heterocycles. The molecule has 0 spiro atoms. The zero-order chi connectivity index (χ0) is 15.3. The normalized spacial score (nSPS) is 11.3. The third-order valence-corrected chi connectivity index (χ3v) is 5.12. The first-order valence-electron chi connectivity index (χ1n) is 6.42. The van der Waals surface area contributed by atoms with Gasteiger partial charge in [0, 0.05) is 17.2 Å². The number of benzene rings is 2. The molecule has 21 heavy (non-hydrogen) atoms. The van der Waals surface area contributed by atoms with Crippen LogP contribution in [0.3, 0.4) is 0 Å². The molecule has 0 bridgehead atoms. The lowest BCUT2D eigenvalue weighted by Crippen LogP contribution is -2.12. The van der Waals surface area contributed by atoms with Crippen LogP contribution in [0.2, 0.25) is 0 Å². The molecular weight excluding hydrogens is 306 g/mol. The molecule has 2 aromatic carbocycles. The second kappa shape index (κ2) is 6.98. The molecule has 0 amide bonds. The van der Waals surface area contributed by atoms with Crippen molar-refractivity contribution in [2.24, 2.45) is 0 Å². The predicted molar refractivity (Wildman–Crippen MR) is 86.3 cm³/mol. The fourth-order valence-electron chi connectivity index (χ4n) is 1.84. The van der Waals surface area contributed by atoms with Gasteiger partial charge in [-0.25, -0.2) is 8.42 Å². The Hall–Kier alpha value is -1.50. The van der Waals surface area contributed by atoms with Gasteiger partial charge in [0.25, 0.3) is 10.0 Å². The fourth-order valence-corrected chi connectivity index (χ4v) is 3.30. The van der Waals surface area contributed by atoms with Crippen molar-refractivity contribution < 1.29 is 13.5 Å². The maximum absolute atomic E-state index is 12.3. The molecule has 0 radical (unpaired) electrons. The molecule has 0 atom stereocenters. The molecule has 6 heteroatoms. The largest absolute Gasteiger partial charge is 0.396 e. The van der Waals surface area contributed by atoms with Crippen molar-refractivity contribution >= 4 is 27.5 Å². The van der Waals surface area contributed by atoms with Gasteiger partial charge in [0.15, 0.2) is 0 Å². The van der Waals surface area contributed by atoms with E-state index in [0.29, 0.717) is 12.1 Å².